The van der Waals surface area contributed by atoms with Gasteiger partial charge in [-0.25, -0.2) is 9.99 Å². The summed E-state index contributed by atoms with van der Waals surface area (Å²) in [6.45, 7) is 0.391. The van der Waals surface area contributed by atoms with Crippen LogP contribution in [0, 0.1) is 0 Å². The fraction of sp³-hybridized carbons (Fsp3) is 0.217. The third-order valence-corrected chi connectivity index (χ3v) is 5.33. The molecule has 162 valence electrons. The third kappa shape index (κ3) is 3.85. The van der Waals surface area contributed by atoms with Crippen molar-refractivity contribution < 1.29 is 13.6 Å². The van der Waals surface area contributed by atoms with Crippen LogP contribution in [0.3, 0.4) is 0 Å². The third-order valence-electron chi connectivity index (χ3n) is 5.33. The lowest BCUT2D eigenvalue weighted by Crippen LogP contribution is -2.36. The first-order chi connectivity index (χ1) is 15.6. The number of hydrazone groups is 1. The summed E-state index contributed by atoms with van der Waals surface area (Å²) in [5.74, 6) is 1.58. The van der Waals surface area contributed by atoms with Crippen LogP contribution in [0.15, 0.2) is 79.8 Å². The van der Waals surface area contributed by atoms with Crippen LogP contribution < -0.4 is 5.56 Å². The fourth-order valence-corrected chi connectivity index (χ4v) is 3.86. The van der Waals surface area contributed by atoms with Crippen LogP contribution in [-0.2, 0) is 11.3 Å². The van der Waals surface area contributed by atoms with Gasteiger partial charge < -0.3 is 13.8 Å². The Kier molecular flexibility index (Phi) is 5.16. The molecule has 0 spiro atoms. The molecule has 9 nitrogen and oxygen atoms in total. The molecule has 32 heavy (non-hydrogen) atoms. The molecular weight excluding hydrogens is 410 g/mol. The van der Waals surface area contributed by atoms with Crippen LogP contribution in [-0.4, -0.2) is 45.1 Å². The number of furan rings is 2. The molecule has 1 atom stereocenters. The van der Waals surface area contributed by atoms with E-state index in [0.717, 1.165) is 0 Å². The highest BCUT2D eigenvalue weighted by Crippen LogP contribution is 2.33. The number of carbonyl (C=O) groups excluding carboxylic acids is 1. The lowest BCUT2D eigenvalue weighted by molar-refractivity contribution is -0.134. The van der Waals surface area contributed by atoms with Crippen LogP contribution in [0.2, 0.25) is 0 Å². The molecule has 5 rings (SSSR count). The molecule has 0 saturated carbocycles. The van der Waals surface area contributed by atoms with Crippen molar-refractivity contribution in [2.24, 2.45) is 5.10 Å². The molecule has 0 fully saturated rings. The Balaban J connectivity index is 1.34. The molecule has 4 aromatic rings. The largest absolute Gasteiger partial charge is 0.467 e. The Morgan fingerprint density at radius 2 is 1.97 bits per heavy atom. The van der Waals surface area contributed by atoms with Gasteiger partial charge in [-0.3, -0.25) is 14.5 Å². The second-order valence-electron chi connectivity index (χ2n) is 7.70. The number of hydrogen-bond donors (Lipinski definition) is 1. The van der Waals surface area contributed by atoms with Gasteiger partial charge in [-0.1, -0.05) is 12.1 Å². The van der Waals surface area contributed by atoms with Gasteiger partial charge in [0, 0.05) is 6.42 Å². The Morgan fingerprint density at radius 1 is 1.16 bits per heavy atom. The van der Waals surface area contributed by atoms with Crippen LogP contribution in [0.4, 0.5) is 0 Å². The lowest BCUT2D eigenvalue weighted by atomic mass is 10.1. The zero-order valence-corrected chi connectivity index (χ0v) is 17.4. The Hall–Kier alpha value is -3.98. The highest BCUT2D eigenvalue weighted by Gasteiger charge is 2.35. The van der Waals surface area contributed by atoms with Crippen LogP contribution >= 0.6 is 0 Å². The summed E-state index contributed by atoms with van der Waals surface area (Å²) in [7, 11) is 1.79. The summed E-state index contributed by atoms with van der Waals surface area (Å²) >= 11 is 0. The number of rotatable bonds is 6. The number of amides is 1. The van der Waals surface area contributed by atoms with Gasteiger partial charge in [-0.2, -0.15) is 5.10 Å². The highest BCUT2D eigenvalue weighted by molar-refractivity contribution is 6.01. The van der Waals surface area contributed by atoms with E-state index in [1.54, 1.807) is 54.8 Å². The molecule has 0 unspecified atom stereocenters. The van der Waals surface area contributed by atoms with Gasteiger partial charge in [0.2, 0.25) is 0 Å². The number of hydrogen-bond acceptors (Lipinski definition) is 7. The summed E-state index contributed by atoms with van der Waals surface area (Å²) in [5, 5.41) is 6.51. The van der Waals surface area contributed by atoms with E-state index >= 15 is 0 Å². The van der Waals surface area contributed by atoms with Gasteiger partial charge in [-0.15, -0.1) is 0 Å². The van der Waals surface area contributed by atoms with E-state index in [1.165, 1.54) is 5.01 Å². The van der Waals surface area contributed by atoms with Crippen molar-refractivity contribution in [1.82, 2.24) is 19.9 Å². The second-order valence-corrected chi connectivity index (χ2v) is 7.70. The molecular formula is C23H21N5O4. The van der Waals surface area contributed by atoms with Crippen molar-refractivity contribution in [3.05, 3.63) is 88.8 Å². The molecule has 1 aliphatic heterocycles. The number of aromatic amines is 1. The number of likely N-dealkylation sites (N-methyl/N-ethyl adjacent to an activating group) is 1. The summed E-state index contributed by atoms with van der Waals surface area (Å²) in [6, 6.07) is 14.0. The molecule has 9 heteroatoms. The monoisotopic (exact) mass is 431 g/mol. The number of benzene rings is 1. The van der Waals surface area contributed by atoms with Crippen molar-refractivity contribution in [2.75, 3.05) is 13.6 Å². The van der Waals surface area contributed by atoms with Gasteiger partial charge in [0.15, 0.2) is 0 Å². The van der Waals surface area contributed by atoms with Gasteiger partial charge in [0.1, 0.15) is 29.1 Å². The normalized spacial score (nSPS) is 16.1. The van der Waals surface area contributed by atoms with Gasteiger partial charge in [0.25, 0.3) is 11.5 Å². The zero-order chi connectivity index (χ0) is 22.1. The number of carbonyl (C=O) groups is 1. The van der Waals surface area contributed by atoms with Crippen LogP contribution in [0.1, 0.15) is 29.8 Å². The zero-order valence-electron chi connectivity index (χ0n) is 17.4. The number of nitrogens with zero attached hydrogens (tertiary/aromatic N) is 4. The molecule has 1 N–H and O–H groups in total. The lowest BCUT2D eigenvalue weighted by Gasteiger charge is -2.23. The predicted molar refractivity (Wildman–Crippen MR) is 117 cm³/mol. The van der Waals surface area contributed by atoms with Crippen LogP contribution in [0.25, 0.3) is 10.9 Å². The van der Waals surface area contributed by atoms with Gasteiger partial charge >= 0.3 is 0 Å². The fourth-order valence-electron chi connectivity index (χ4n) is 3.86. The molecule has 0 aliphatic carbocycles. The van der Waals surface area contributed by atoms with Crippen molar-refractivity contribution >= 4 is 22.5 Å². The summed E-state index contributed by atoms with van der Waals surface area (Å²) < 4.78 is 11.0. The molecule has 0 bridgehead atoms. The molecule has 0 radical (unpaired) electrons. The Labute approximate surface area is 183 Å². The molecule has 0 saturated heterocycles. The van der Waals surface area contributed by atoms with Gasteiger partial charge in [0.05, 0.1) is 36.5 Å². The Bertz CT molecular complexity index is 1320. The molecule has 3 aromatic heterocycles. The Morgan fingerprint density at radius 3 is 2.75 bits per heavy atom. The molecule has 4 heterocycles. The van der Waals surface area contributed by atoms with Crippen molar-refractivity contribution in [1.29, 1.82) is 0 Å². The summed E-state index contributed by atoms with van der Waals surface area (Å²) in [5.41, 5.74) is 1.11. The minimum atomic E-state index is -0.343. The van der Waals surface area contributed by atoms with Crippen molar-refractivity contribution in [2.45, 2.75) is 19.0 Å². The number of para-hydroxylation sites is 1. The summed E-state index contributed by atoms with van der Waals surface area (Å²) in [6.07, 6.45) is 3.65. The number of H-pyrrole nitrogens is 1. The van der Waals surface area contributed by atoms with E-state index in [-0.39, 0.29) is 24.1 Å². The quantitative estimate of drug-likeness (QED) is 0.503. The maximum absolute atomic E-state index is 13.2. The first kappa shape index (κ1) is 20.0. The van der Waals surface area contributed by atoms with E-state index in [4.69, 9.17) is 8.83 Å². The first-order valence-electron chi connectivity index (χ1n) is 10.2. The van der Waals surface area contributed by atoms with Crippen molar-refractivity contribution in [3.63, 3.8) is 0 Å². The summed E-state index contributed by atoms with van der Waals surface area (Å²) in [4.78, 5) is 34.6. The maximum atomic E-state index is 13.2. The first-order valence-corrected chi connectivity index (χ1v) is 10.2. The predicted octanol–water partition coefficient (Wildman–Crippen LogP) is 2.92. The average molecular weight is 431 g/mol. The van der Waals surface area contributed by atoms with E-state index in [0.29, 0.717) is 46.9 Å². The van der Waals surface area contributed by atoms with E-state index in [9.17, 15) is 9.59 Å². The SMILES string of the molecule is CN(CC(=O)N1N=C(c2ccco2)C[C@H]1c1ccco1)Cc1nc2ccccc2c(=O)[nH]1. The molecule has 1 aromatic carbocycles. The molecule has 1 aliphatic rings. The molecule has 1 amide bonds. The standard InChI is InChI=1S/C23H21N5O4/c1-27(13-21-24-16-7-3-2-6-15(16)23(30)25-21)14-22(29)28-18(20-9-5-11-32-20)12-17(26-28)19-8-4-10-31-19/h2-11,18H,12-14H2,1H3,(H,24,25,30)/t18-/m0/s1. The van der Waals surface area contributed by atoms with Crippen molar-refractivity contribution in [3.8, 4) is 0 Å². The number of nitrogens with one attached hydrogen (secondary N) is 1. The minimum absolute atomic E-state index is 0.0860. The average Bonchev–Trinajstić information content (AvgIpc) is 3.54. The van der Waals surface area contributed by atoms with E-state index in [2.05, 4.69) is 15.1 Å². The van der Waals surface area contributed by atoms with E-state index in [1.807, 2.05) is 18.2 Å². The number of aromatic nitrogens is 2. The smallest absolute Gasteiger partial charge is 0.258 e. The number of fused-ring (bicyclic) bond motifs is 1. The maximum Gasteiger partial charge on any atom is 0.258 e. The highest BCUT2D eigenvalue weighted by atomic mass is 16.3. The van der Waals surface area contributed by atoms with Crippen LogP contribution in [0.5, 0.6) is 0 Å². The van der Waals surface area contributed by atoms with Gasteiger partial charge in [-0.05, 0) is 43.4 Å². The minimum Gasteiger partial charge on any atom is -0.467 e. The van der Waals surface area contributed by atoms with E-state index < -0.39 is 0 Å². The second kappa shape index (κ2) is 8.27. The topological polar surface area (TPSA) is 108 Å².